The third-order valence-electron chi connectivity index (χ3n) is 3.88. The lowest BCUT2D eigenvalue weighted by Gasteiger charge is -2.26. The van der Waals surface area contributed by atoms with E-state index in [1.807, 2.05) is 48.5 Å². The van der Waals surface area contributed by atoms with Crippen LogP contribution in [0.1, 0.15) is 29.2 Å². The zero-order valence-corrected chi connectivity index (χ0v) is 11.4. The summed E-state index contributed by atoms with van der Waals surface area (Å²) in [5.74, 6) is 0.147. The first kappa shape index (κ1) is 12.9. The molecule has 1 N–H and O–H groups in total. The summed E-state index contributed by atoms with van der Waals surface area (Å²) in [7, 11) is 1.80. The van der Waals surface area contributed by atoms with E-state index < -0.39 is 6.10 Å². The molecule has 102 valence electrons. The minimum atomic E-state index is -0.621. The highest BCUT2D eigenvalue weighted by atomic mass is 16.3. The van der Waals surface area contributed by atoms with Gasteiger partial charge in [-0.3, -0.25) is 4.79 Å². The molecule has 0 aromatic heterocycles. The predicted molar refractivity (Wildman–Crippen MR) is 78.7 cm³/mol. The summed E-state index contributed by atoms with van der Waals surface area (Å²) in [6.07, 6.45) is 0.659. The van der Waals surface area contributed by atoms with Crippen LogP contribution in [0.5, 0.6) is 0 Å². The van der Waals surface area contributed by atoms with Crippen LogP contribution in [0.25, 0.3) is 0 Å². The quantitative estimate of drug-likeness (QED) is 0.908. The molecule has 3 nitrogen and oxygen atoms in total. The van der Waals surface area contributed by atoms with Crippen molar-refractivity contribution in [1.29, 1.82) is 0 Å². The monoisotopic (exact) mass is 267 g/mol. The molecule has 1 heterocycles. The number of fused-ring (bicyclic) bond motifs is 1. The van der Waals surface area contributed by atoms with Crippen LogP contribution in [0.15, 0.2) is 48.5 Å². The van der Waals surface area contributed by atoms with Crippen molar-refractivity contribution in [1.82, 2.24) is 0 Å². The summed E-state index contributed by atoms with van der Waals surface area (Å²) < 4.78 is 0. The third kappa shape index (κ3) is 2.21. The molecule has 2 aromatic rings. The van der Waals surface area contributed by atoms with Gasteiger partial charge in [0.2, 0.25) is 5.91 Å². The summed E-state index contributed by atoms with van der Waals surface area (Å²) >= 11 is 0. The smallest absolute Gasteiger partial charge is 0.227 e. The second-order valence-corrected chi connectivity index (χ2v) is 5.15. The zero-order valence-electron chi connectivity index (χ0n) is 11.4. The van der Waals surface area contributed by atoms with Gasteiger partial charge in [-0.25, -0.2) is 0 Å². The molecule has 1 aliphatic rings. The maximum absolute atomic E-state index is 11.7. The van der Waals surface area contributed by atoms with Crippen molar-refractivity contribution in [3.05, 3.63) is 65.2 Å². The van der Waals surface area contributed by atoms with E-state index >= 15 is 0 Å². The first-order valence-corrected chi connectivity index (χ1v) is 6.79. The Morgan fingerprint density at radius 2 is 1.80 bits per heavy atom. The number of benzene rings is 2. The molecule has 1 unspecified atom stereocenters. The minimum Gasteiger partial charge on any atom is -0.384 e. The zero-order chi connectivity index (χ0) is 14.1. The van der Waals surface area contributed by atoms with E-state index in [0.29, 0.717) is 6.42 Å². The number of rotatable bonds is 2. The first-order chi connectivity index (χ1) is 9.66. The van der Waals surface area contributed by atoms with Gasteiger partial charge in [-0.1, -0.05) is 42.5 Å². The van der Waals surface area contributed by atoms with Crippen molar-refractivity contribution in [3.63, 3.8) is 0 Å². The van der Waals surface area contributed by atoms with E-state index in [-0.39, 0.29) is 5.91 Å². The van der Waals surface area contributed by atoms with Crippen LogP contribution in [-0.2, 0) is 11.2 Å². The maximum Gasteiger partial charge on any atom is 0.227 e. The second-order valence-electron chi connectivity index (χ2n) is 5.15. The molecule has 1 aliphatic heterocycles. The van der Waals surface area contributed by atoms with Crippen LogP contribution in [-0.4, -0.2) is 18.1 Å². The molecular weight excluding hydrogens is 250 g/mol. The summed E-state index contributed by atoms with van der Waals surface area (Å²) in [5, 5.41) is 10.4. The molecule has 3 heteroatoms. The lowest BCUT2D eigenvalue weighted by atomic mass is 9.95. The molecule has 0 saturated heterocycles. The third-order valence-corrected chi connectivity index (χ3v) is 3.88. The Hall–Kier alpha value is -2.13. The van der Waals surface area contributed by atoms with Gasteiger partial charge in [0.1, 0.15) is 6.10 Å². The largest absolute Gasteiger partial charge is 0.384 e. The summed E-state index contributed by atoms with van der Waals surface area (Å²) in [6, 6.07) is 15.4. The van der Waals surface area contributed by atoms with E-state index in [4.69, 9.17) is 0 Å². The normalized spacial score (nSPS) is 15.9. The SMILES string of the molecule is CN1C(=O)CCc2cc(C(O)c3ccccc3)ccc21. The number of carbonyl (C=O) groups excluding carboxylic acids is 1. The van der Waals surface area contributed by atoms with E-state index in [2.05, 4.69) is 0 Å². The highest BCUT2D eigenvalue weighted by Crippen LogP contribution is 2.31. The molecule has 3 rings (SSSR count). The molecule has 0 fully saturated rings. The standard InChI is InChI=1S/C17H17NO2/c1-18-15-9-7-14(11-13(15)8-10-16(18)19)17(20)12-5-3-2-4-6-12/h2-7,9,11,17,20H,8,10H2,1H3. The lowest BCUT2D eigenvalue weighted by molar-refractivity contribution is -0.118. The first-order valence-electron chi connectivity index (χ1n) is 6.79. The number of amides is 1. The predicted octanol–water partition coefficient (Wildman–Crippen LogP) is 2.68. The lowest BCUT2D eigenvalue weighted by Crippen LogP contribution is -2.31. The number of anilines is 1. The van der Waals surface area contributed by atoms with Crippen molar-refractivity contribution in [2.45, 2.75) is 18.9 Å². The Kier molecular flexibility index (Phi) is 3.28. The Balaban J connectivity index is 1.95. The van der Waals surface area contributed by atoms with Crippen LogP contribution < -0.4 is 4.90 Å². The van der Waals surface area contributed by atoms with E-state index in [1.54, 1.807) is 11.9 Å². The fourth-order valence-electron chi connectivity index (χ4n) is 2.67. The van der Waals surface area contributed by atoms with Gasteiger partial charge >= 0.3 is 0 Å². The average molecular weight is 267 g/mol. The molecule has 0 spiro atoms. The van der Waals surface area contributed by atoms with Crippen LogP contribution in [0.3, 0.4) is 0 Å². The molecule has 0 saturated carbocycles. The van der Waals surface area contributed by atoms with Gasteiger partial charge in [0.25, 0.3) is 0 Å². The van der Waals surface area contributed by atoms with E-state index in [0.717, 1.165) is 28.8 Å². The van der Waals surface area contributed by atoms with Crippen LogP contribution >= 0.6 is 0 Å². The topological polar surface area (TPSA) is 40.5 Å². The van der Waals surface area contributed by atoms with Gasteiger partial charge in [-0.05, 0) is 29.2 Å². The number of nitrogens with zero attached hydrogens (tertiary/aromatic N) is 1. The van der Waals surface area contributed by atoms with Crippen molar-refractivity contribution in [3.8, 4) is 0 Å². The molecule has 0 bridgehead atoms. The fraction of sp³-hybridized carbons (Fsp3) is 0.235. The fourth-order valence-corrected chi connectivity index (χ4v) is 2.67. The van der Waals surface area contributed by atoms with Crippen molar-refractivity contribution in [2.24, 2.45) is 0 Å². The molecule has 20 heavy (non-hydrogen) atoms. The second kappa shape index (κ2) is 5.10. The Morgan fingerprint density at radius 3 is 2.55 bits per heavy atom. The molecule has 0 radical (unpaired) electrons. The number of carbonyl (C=O) groups is 1. The number of aliphatic hydroxyl groups excluding tert-OH is 1. The van der Waals surface area contributed by atoms with Gasteiger partial charge in [0.15, 0.2) is 0 Å². The van der Waals surface area contributed by atoms with E-state index in [1.165, 1.54) is 0 Å². The summed E-state index contributed by atoms with van der Waals surface area (Å²) in [6.45, 7) is 0. The van der Waals surface area contributed by atoms with Gasteiger partial charge in [-0.2, -0.15) is 0 Å². The highest BCUT2D eigenvalue weighted by molar-refractivity contribution is 5.95. The average Bonchev–Trinajstić information content (AvgIpc) is 2.51. The maximum atomic E-state index is 11.7. The molecule has 2 aromatic carbocycles. The van der Waals surface area contributed by atoms with Crippen LogP contribution in [0, 0.1) is 0 Å². The Morgan fingerprint density at radius 1 is 1.05 bits per heavy atom. The Labute approximate surface area is 118 Å². The van der Waals surface area contributed by atoms with Crippen molar-refractivity contribution in [2.75, 3.05) is 11.9 Å². The molecule has 0 aliphatic carbocycles. The molecule has 1 amide bonds. The van der Waals surface area contributed by atoms with Gasteiger partial charge in [0.05, 0.1) is 0 Å². The molecular formula is C17H17NO2. The van der Waals surface area contributed by atoms with Crippen LogP contribution in [0.4, 0.5) is 5.69 Å². The van der Waals surface area contributed by atoms with E-state index in [9.17, 15) is 9.90 Å². The van der Waals surface area contributed by atoms with Crippen LogP contribution in [0.2, 0.25) is 0 Å². The number of aryl methyl sites for hydroxylation is 1. The number of aliphatic hydroxyl groups is 1. The van der Waals surface area contributed by atoms with Crippen molar-refractivity contribution < 1.29 is 9.90 Å². The summed E-state index contributed by atoms with van der Waals surface area (Å²) in [5.41, 5.74) is 3.83. The number of hydrogen-bond donors (Lipinski definition) is 1. The minimum absolute atomic E-state index is 0.147. The highest BCUT2D eigenvalue weighted by Gasteiger charge is 2.22. The van der Waals surface area contributed by atoms with Crippen molar-refractivity contribution >= 4 is 11.6 Å². The van der Waals surface area contributed by atoms with Gasteiger partial charge in [-0.15, -0.1) is 0 Å². The van der Waals surface area contributed by atoms with Gasteiger partial charge in [0, 0.05) is 19.2 Å². The number of hydrogen-bond acceptors (Lipinski definition) is 2. The Bertz CT molecular complexity index is 637. The summed E-state index contributed by atoms with van der Waals surface area (Å²) in [4.78, 5) is 13.4. The van der Waals surface area contributed by atoms with Gasteiger partial charge < -0.3 is 10.0 Å². The molecule has 1 atom stereocenters.